The highest BCUT2D eigenvalue weighted by molar-refractivity contribution is 7.71. The molecule has 5 nitrogen and oxygen atoms in total. The van der Waals surface area contributed by atoms with Crippen molar-refractivity contribution < 1.29 is 5.11 Å². The van der Waals surface area contributed by atoms with Crippen LogP contribution in [0.4, 0.5) is 0 Å². The number of aromatic nitrogens is 3. The summed E-state index contributed by atoms with van der Waals surface area (Å²) in [7, 11) is 0. The van der Waals surface area contributed by atoms with Crippen LogP contribution < -0.4 is 0 Å². The Hall–Kier alpha value is -2.44. The molecule has 0 fully saturated rings. The summed E-state index contributed by atoms with van der Waals surface area (Å²) in [5.41, 5.74) is 1.99. The van der Waals surface area contributed by atoms with Crippen LogP contribution in [0, 0.1) is 4.77 Å². The van der Waals surface area contributed by atoms with Crippen molar-refractivity contribution in [1.82, 2.24) is 14.9 Å². The highest BCUT2D eigenvalue weighted by atomic mass is 35.5. The van der Waals surface area contributed by atoms with Gasteiger partial charge in [-0.25, -0.2) is 0 Å². The number of nitrogens with one attached hydrogen (secondary N) is 1. The van der Waals surface area contributed by atoms with Crippen LogP contribution in [-0.2, 0) is 12.8 Å². The molecule has 2 N–H and O–H groups in total. The van der Waals surface area contributed by atoms with Gasteiger partial charge in [-0.2, -0.15) is 14.9 Å². The van der Waals surface area contributed by atoms with Crippen molar-refractivity contribution in [3.63, 3.8) is 0 Å². The molecule has 0 aliphatic heterocycles. The zero-order valence-corrected chi connectivity index (χ0v) is 14.3. The number of hydrogen-bond donors (Lipinski definition) is 2. The molecule has 24 heavy (non-hydrogen) atoms. The van der Waals surface area contributed by atoms with Crippen molar-refractivity contribution in [1.29, 1.82) is 0 Å². The Bertz CT molecular complexity index is 918. The third-order valence-corrected chi connectivity index (χ3v) is 4.06. The van der Waals surface area contributed by atoms with E-state index >= 15 is 0 Å². The molecule has 0 atom stereocenters. The topological polar surface area (TPSA) is 66.2 Å². The third-order valence-electron chi connectivity index (χ3n) is 3.49. The predicted molar refractivity (Wildman–Crippen MR) is 97.4 cm³/mol. The lowest BCUT2D eigenvalue weighted by molar-refractivity contribution is 0.475. The van der Waals surface area contributed by atoms with E-state index in [0.29, 0.717) is 11.2 Å². The molecule has 0 aliphatic carbocycles. The molecule has 0 unspecified atom stereocenters. The number of aromatic hydroxyl groups is 1. The van der Waals surface area contributed by atoms with Gasteiger partial charge >= 0.3 is 0 Å². The fourth-order valence-electron chi connectivity index (χ4n) is 2.23. The van der Waals surface area contributed by atoms with E-state index in [1.807, 2.05) is 18.2 Å². The third kappa shape index (κ3) is 3.90. The Labute approximate surface area is 149 Å². The number of rotatable bonds is 5. The molecule has 2 aromatic carbocycles. The second-order valence-electron chi connectivity index (χ2n) is 5.20. The van der Waals surface area contributed by atoms with E-state index in [9.17, 15) is 5.11 Å². The Morgan fingerprint density at radius 1 is 1.21 bits per heavy atom. The molecule has 1 heterocycles. The molecule has 0 saturated carbocycles. The fraction of sp³-hybridized carbons (Fsp3) is 0.118. The number of H-pyrrole nitrogens is 1. The van der Waals surface area contributed by atoms with E-state index < -0.39 is 0 Å². The lowest BCUT2D eigenvalue weighted by Gasteiger charge is -2.02. The second-order valence-corrected chi connectivity index (χ2v) is 5.99. The van der Waals surface area contributed by atoms with Crippen LogP contribution in [0.1, 0.15) is 17.0 Å². The van der Waals surface area contributed by atoms with Gasteiger partial charge in [-0.05, 0) is 48.0 Å². The molecule has 0 aliphatic rings. The Balaban J connectivity index is 1.78. The first kappa shape index (κ1) is 16.4. The summed E-state index contributed by atoms with van der Waals surface area (Å²) in [6.45, 7) is 0. The number of aryl methyl sites for hydroxylation is 2. The highest BCUT2D eigenvalue weighted by Crippen LogP contribution is 2.22. The van der Waals surface area contributed by atoms with Crippen molar-refractivity contribution in [2.45, 2.75) is 12.8 Å². The SMILES string of the molecule is Oc1ccc(/C=N\n2c(CCc3ccccc3)n[nH]c2=S)cc1Cl. The Kier molecular flexibility index (Phi) is 5.08. The number of hydrogen-bond acceptors (Lipinski definition) is 4. The molecule has 3 aromatic rings. The molecular formula is C17H15ClN4OS. The number of benzene rings is 2. The Morgan fingerprint density at radius 3 is 2.75 bits per heavy atom. The number of phenolic OH excluding ortho intramolecular Hbond substituents is 1. The zero-order valence-electron chi connectivity index (χ0n) is 12.7. The van der Waals surface area contributed by atoms with Gasteiger partial charge in [0.2, 0.25) is 4.77 Å². The summed E-state index contributed by atoms with van der Waals surface area (Å²) >= 11 is 11.1. The largest absolute Gasteiger partial charge is 0.506 e. The van der Waals surface area contributed by atoms with Crippen molar-refractivity contribution in [2.24, 2.45) is 5.10 Å². The van der Waals surface area contributed by atoms with Crippen LogP contribution in [0.3, 0.4) is 0 Å². The standard InChI is InChI=1S/C17H15ClN4OS/c18-14-10-13(6-8-15(14)23)11-19-22-16(20-21-17(22)24)9-7-12-4-2-1-3-5-12/h1-6,8,10-11,23H,7,9H2,(H,21,24)/b19-11-. The number of phenols is 1. The van der Waals surface area contributed by atoms with Crippen LogP contribution in [0.2, 0.25) is 5.02 Å². The molecule has 122 valence electrons. The minimum Gasteiger partial charge on any atom is -0.506 e. The minimum absolute atomic E-state index is 0.0392. The molecule has 1 aromatic heterocycles. The number of aromatic amines is 1. The molecule has 0 spiro atoms. The lowest BCUT2D eigenvalue weighted by Crippen LogP contribution is -2.01. The van der Waals surface area contributed by atoms with E-state index in [1.54, 1.807) is 23.0 Å². The van der Waals surface area contributed by atoms with Gasteiger partial charge in [0.05, 0.1) is 11.2 Å². The normalized spacial score (nSPS) is 11.2. The first-order valence-electron chi connectivity index (χ1n) is 7.36. The monoisotopic (exact) mass is 358 g/mol. The number of halogens is 1. The maximum absolute atomic E-state index is 9.45. The van der Waals surface area contributed by atoms with Crippen molar-refractivity contribution in [3.8, 4) is 5.75 Å². The van der Waals surface area contributed by atoms with Gasteiger partial charge in [-0.1, -0.05) is 41.9 Å². The van der Waals surface area contributed by atoms with Crippen molar-refractivity contribution in [3.05, 3.63) is 75.3 Å². The van der Waals surface area contributed by atoms with Gasteiger partial charge in [0, 0.05) is 6.42 Å². The highest BCUT2D eigenvalue weighted by Gasteiger charge is 2.06. The van der Waals surface area contributed by atoms with E-state index in [4.69, 9.17) is 23.8 Å². The number of nitrogens with zero attached hydrogens (tertiary/aromatic N) is 3. The summed E-state index contributed by atoms with van der Waals surface area (Å²) in [4.78, 5) is 0. The maximum atomic E-state index is 9.45. The minimum atomic E-state index is 0.0392. The van der Waals surface area contributed by atoms with Gasteiger partial charge in [0.25, 0.3) is 0 Å². The summed E-state index contributed by atoms with van der Waals surface area (Å²) in [6, 6.07) is 15.0. The molecule has 0 radical (unpaired) electrons. The van der Waals surface area contributed by atoms with Gasteiger partial charge in [-0.3, -0.25) is 5.10 Å². The molecule has 0 amide bonds. The summed E-state index contributed by atoms with van der Waals surface area (Å²) in [6.07, 6.45) is 3.19. The Morgan fingerprint density at radius 2 is 2.00 bits per heavy atom. The zero-order chi connectivity index (χ0) is 16.9. The average molecular weight is 359 g/mol. The van der Waals surface area contributed by atoms with E-state index in [1.165, 1.54) is 11.6 Å². The summed E-state index contributed by atoms with van der Waals surface area (Å²) < 4.78 is 2.03. The van der Waals surface area contributed by atoms with Crippen LogP contribution in [0.15, 0.2) is 53.6 Å². The van der Waals surface area contributed by atoms with Gasteiger partial charge in [0.1, 0.15) is 5.75 Å². The molecule has 7 heteroatoms. The molecule has 0 saturated heterocycles. The van der Waals surface area contributed by atoms with Crippen LogP contribution in [0.5, 0.6) is 5.75 Å². The van der Waals surface area contributed by atoms with E-state index in [-0.39, 0.29) is 10.8 Å². The van der Waals surface area contributed by atoms with E-state index in [0.717, 1.165) is 17.8 Å². The van der Waals surface area contributed by atoms with Crippen molar-refractivity contribution >= 4 is 30.0 Å². The van der Waals surface area contributed by atoms with Crippen LogP contribution in [-0.4, -0.2) is 26.2 Å². The van der Waals surface area contributed by atoms with Gasteiger partial charge in [-0.15, -0.1) is 0 Å². The maximum Gasteiger partial charge on any atom is 0.216 e. The quantitative estimate of drug-likeness (QED) is 0.535. The first-order valence-corrected chi connectivity index (χ1v) is 8.15. The summed E-state index contributed by atoms with van der Waals surface area (Å²) in [5.74, 6) is 0.794. The molecular weight excluding hydrogens is 344 g/mol. The average Bonchev–Trinajstić information content (AvgIpc) is 2.95. The van der Waals surface area contributed by atoms with Crippen molar-refractivity contribution in [2.75, 3.05) is 0 Å². The predicted octanol–water partition coefficient (Wildman–Crippen LogP) is 3.97. The molecule has 3 rings (SSSR count). The van der Waals surface area contributed by atoms with Gasteiger partial charge < -0.3 is 5.11 Å². The first-order chi connectivity index (χ1) is 11.6. The summed E-state index contributed by atoms with van der Waals surface area (Å²) in [5, 5.41) is 21.1. The second kappa shape index (κ2) is 7.42. The lowest BCUT2D eigenvalue weighted by atomic mass is 10.1. The van der Waals surface area contributed by atoms with Crippen LogP contribution in [0.25, 0.3) is 0 Å². The van der Waals surface area contributed by atoms with Gasteiger partial charge in [0.15, 0.2) is 5.82 Å². The molecule has 0 bridgehead atoms. The van der Waals surface area contributed by atoms with Crippen LogP contribution >= 0.6 is 23.8 Å². The van der Waals surface area contributed by atoms with E-state index in [2.05, 4.69) is 27.4 Å². The fourth-order valence-corrected chi connectivity index (χ4v) is 2.62. The smallest absolute Gasteiger partial charge is 0.216 e.